The number of aliphatic carboxylic acids is 3. The second kappa shape index (κ2) is 8.03. The highest BCUT2D eigenvalue weighted by molar-refractivity contribution is 5.77. The Labute approximate surface area is 81.2 Å². The third-order valence-electron chi connectivity index (χ3n) is 1.26. The molecule has 82 valence electrons. The number of hydrogen-bond acceptors (Lipinski definition) is 3. The van der Waals surface area contributed by atoms with Crippen LogP contribution in [0.15, 0.2) is 0 Å². The molecule has 6 nitrogen and oxygen atoms in total. The van der Waals surface area contributed by atoms with Crippen LogP contribution >= 0.6 is 0 Å². The van der Waals surface area contributed by atoms with E-state index in [9.17, 15) is 9.59 Å². The quantitative estimate of drug-likeness (QED) is 0.623. The van der Waals surface area contributed by atoms with Gasteiger partial charge < -0.3 is 15.3 Å². The maximum Gasteiger partial charge on any atom is 0.307 e. The fourth-order valence-corrected chi connectivity index (χ4v) is 0.617. The van der Waals surface area contributed by atoms with Crippen LogP contribution in [0, 0.1) is 5.92 Å². The van der Waals surface area contributed by atoms with Gasteiger partial charge in [0.15, 0.2) is 0 Å². The van der Waals surface area contributed by atoms with E-state index in [0.29, 0.717) is 6.42 Å². The van der Waals surface area contributed by atoms with Gasteiger partial charge in [0, 0.05) is 6.92 Å². The van der Waals surface area contributed by atoms with E-state index >= 15 is 0 Å². The summed E-state index contributed by atoms with van der Waals surface area (Å²) in [6.45, 7) is 2.74. The van der Waals surface area contributed by atoms with Crippen molar-refractivity contribution in [3.8, 4) is 0 Å². The van der Waals surface area contributed by atoms with Crippen molar-refractivity contribution in [2.75, 3.05) is 0 Å². The van der Waals surface area contributed by atoms with Crippen LogP contribution in [0.4, 0.5) is 0 Å². The molecule has 0 bridgehead atoms. The molecule has 0 spiro atoms. The van der Waals surface area contributed by atoms with Gasteiger partial charge in [0.1, 0.15) is 0 Å². The van der Waals surface area contributed by atoms with Crippen molar-refractivity contribution in [1.29, 1.82) is 0 Å². The van der Waals surface area contributed by atoms with Crippen LogP contribution < -0.4 is 0 Å². The fraction of sp³-hybridized carbons (Fsp3) is 0.625. The predicted molar refractivity (Wildman–Crippen MR) is 47.0 cm³/mol. The highest BCUT2D eigenvalue weighted by atomic mass is 16.4. The molecule has 0 amide bonds. The molecule has 0 aliphatic heterocycles. The van der Waals surface area contributed by atoms with Crippen molar-refractivity contribution in [1.82, 2.24) is 0 Å². The van der Waals surface area contributed by atoms with Gasteiger partial charge in [-0.05, 0) is 6.42 Å². The predicted octanol–water partition coefficient (Wildman–Crippen LogP) is 0.663. The Hall–Kier alpha value is -1.59. The lowest BCUT2D eigenvalue weighted by Gasteiger charge is -2.03. The molecular formula is C8H14O6. The van der Waals surface area contributed by atoms with Gasteiger partial charge >= 0.3 is 11.9 Å². The average Bonchev–Trinajstić information content (AvgIpc) is 1.98. The summed E-state index contributed by atoms with van der Waals surface area (Å²) in [7, 11) is 0. The smallest absolute Gasteiger partial charge is 0.307 e. The summed E-state index contributed by atoms with van der Waals surface area (Å²) in [4.78, 5) is 29.2. The Bertz CT molecular complexity index is 206. The molecule has 0 aromatic carbocycles. The molecule has 1 atom stereocenters. The molecule has 6 heteroatoms. The lowest BCUT2D eigenvalue weighted by Crippen LogP contribution is -2.16. The molecule has 0 aromatic rings. The van der Waals surface area contributed by atoms with Gasteiger partial charge in [-0.25, -0.2) is 0 Å². The minimum Gasteiger partial charge on any atom is -0.481 e. The first kappa shape index (κ1) is 14.9. The zero-order valence-corrected chi connectivity index (χ0v) is 8.06. The molecule has 0 aliphatic rings. The lowest BCUT2D eigenvalue weighted by atomic mass is 10.0. The zero-order valence-electron chi connectivity index (χ0n) is 8.06. The standard InChI is InChI=1S/C6H10O4.C2H4O2/c1-2-4(6(9)10)3-5(7)8;1-2(3)4/h4H,2-3H2,1H3,(H,7,8)(H,9,10);1H3,(H,3,4). The molecule has 0 saturated carbocycles. The van der Waals surface area contributed by atoms with Crippen LogP contribution in [0.5, 0.6) is 0 Å². The number of carboxylic acid groups (broad SMARTS) is 3. The van der Waals surface area contributed by atoms with Crippen molar-refractivity contribution in [3.63, 3.8) is 0 Å². The molecule has 0 aromatic heterocycles. The van der Waals surface area contributed by atoms with Gasteiger partial charge in [0.05, 0.1) is 12.3 Å². The third kappa shape index (κ3) is 13.0. The van der Waals surface area contributed by atoms with Crippen LogP contribution in [0.25, 0.3) is 0 Å². The van der Waals surface area contributed by atoms with E-state index in [2.05, 4.69) is 0 Å². The van der Waals surface area contributed by atoms with Crippen LogP contribution in [-0.2, 0) is 14.4 Å². The summed E-state index contributed by atoms with van der Waals surface area (Å²) in [5.74, 6) is -3.67. The SMILES string of the molecule is CC(=O)O.CCC(CC(=O)O)C(=O)O. The summed E-state index contributed by atoms with van der Waals surface area (Å²) in [5, 5.41) is 24.0. The van der Waals surface area contributed by atoms with E-state index in [-0.39, 0.29) is 6.42 Å². The molecule has 0 fully saturated rings. The molecule has 0 heterocycles. The van der Waals surface area contributed by atoms with Gasteiger partial charge in [-0.1, -0.05) is 6.92 Å². The summed E-state index contributed by atoms with van der Waals surface area (Å²) >= 11 is 0. The van der Waals surface area contributed by atoms with Gasteiger partial charge in [0.25, 0.3) is 5.97 Å². The van der Waals surface area contributed by atoms with Crippen LogP contribution in [0.1, 0.15) is 26.7 Å². The zero-order chi connectivity index (χ0) is 11.7. The minimum atomic E-state index is -1.06. The monoisotopic (exact) mass is 206 g/mol. The lowest BCUT2D eigenvalue weighted by molar-refractivity contribution is -0.148. The highest BCUT2D eigenvalue weighted by Gasteiger charge is 2.17. The summed E-state index contributed by atoms with van der Waals surface area (Å²) in [5.41, 5.74) is 0. The molecule has 14 heavy (non-hydrogen) atoms. The van der Waals surface area contributed by atoms with Gasteiger partial charge in [0.2, 0.25) is 0 Å². The molecule has 0 saturated heterocycles. The first-order valence-electron chi connectivity index (χ1n) is 3.95. The van der Waals surface area contributed by atoms with Gasteiger partial charge in [-0.15, -0.1) is 0 Å². The normalized spacial score (nSPS) is 10.7. The first-order valence-corrected chi connectivity index (χ1v) is 3.95. The van der Waals surface area contributed by atoms with Crippen LogP contribution in [-0.4, -0.2) is 33.2 Å². The molecule has 1 unspecified atom stereocenters. The number of carboxylic acids is 3. The first-order chi connectivity index (χ1) is 6.31. The largest absolute Gasteiger partial charge is 0.481 e. The molecule has 0 radical (unpaired) electrons. The number of carbonyl (C=O) groups is 3. The maximum absolute atomic E-state index is 10.2. The second-order valence-corrected chi connectivity index (χ2v) is 2.56. The van der Waals surface area contributed by atoms with Crippen LogP contribution in [0.2, 0.25) is 0 Å². The van der Waals surface area contributed by atoms with E-state index in [1.165, 1.54) is 0 Å². The van der Waals surface area contributed by atoms with Crippen molar-refractivity contribution < 1.29 is 29.7 Å². The Morgan fingerprint density at radius 3 is 1.57 bits per heavy atom. The molecular weight excluding hydrogens is 192 g/mol. The summed E-state index contributed by atoms with van der Waals surface area (Å²) < 4.78 is 0. The third-order valence-corrected chi connectivity index (χ3v) is 1.26. The van der Waals surface area contributed by atoms with Crippen molar-refractivity contribution in [2.24, 2.45) is 5.92 Å². The Morgan fingerprint density at radius 1 is 1.14 bits per heavy atom. The van der Waals surface area contributed by atoms with Crippen molar-refractivity contribution >= 4 is 17.9 Å². The Morgan fingerprint density at radius 2 is 1.50 bits per heavy atom. The topological polar surface area (TPSA) is 112 Å². The highest BCUT2D eigenvalue weighted by Crippen LogP contribution is 2.07. The van der Waals surface area contributed by atoms with E-state index < -0.39 is 23.8 Å². The number of rotatable bonds is 4. The van der Waals surface area contributed by atoms with E-state index in [1.807, 2.05) is 0 Å². The van der Waals surface area contributed by atoms with Gasteiger partial charge in [-0.3, -0.25) is 14.4 Å². The van der Waals surface area contributed by atoms with E-state index in [0.717, 1.165) is 6.92 Å². The van der Waals surface area contributed by atoms with Crippen molar-refractivity contribution in [3.05, 3.63) is 0 Å². The fourth-order valence-electron chi connectivity index (χ4n) is 0.617. The average molecular weight is 206 g/mol. The minimum absolute atomic E-state index is 0.286. The molecule has 0 aliphatic carbocycles. The molecule has 3 N–H and O–H groups in total. The van der Waals surface area contributed by atoms with Crippen molar-refractivity contribution in [2.45, 2.75) is 26.7 Å². The number of hydrogen-bond donors (Lipinski definition) is 3. The summed E-state index contributed by atoms with van der Waals surface area (Å²) in [6, 6.07) is 0. The Balaban J connectivity index is 0. The van der Waals surface area contributed by atoms with E-state index in [4.69, 9.17) is 20.1 Å². The van der Waals surface area contributed by atoms with Gasteiger partial charge in [-0.2, -0.15) is 0 Å². The van der Waals surface area contributed by atoms with Crippen LogP contribution in [0.3, 0.4) is 0 Å². The maximum atomic E-state index is 10.2. The Kier molecular flexibility index (Phi) is 8.55. The van der Waals surface area contributed by atoms with E-state index in [1.54, 1.807) is 6.92 Å². The second-order valence-electron chi connectivity index (χ2n) is 2.56. The molecule has 0 rings (SSSR count). The summed E-state index contributed by atoms with van der Waals surface area (Å²) in [6.07, 6.45) is 0.0769.